The number of amides is 1. The third-order valence-electron chi connectivity index (χ3n) is 2.62. The van der Waals surface area contributed by atoms with Crippen LogP contribution in [-0.2, 0) is 0 Å². The number of hydrogen-bond acceptors (Lipinski definition) is 4. The number of benzene rings is 1. The van der Waals surface area contributed by atoms with Crippen LogP contribution >= 0.6 is 11.3 Å². The van der Waals surface area contributed by atoms with Crippen molar-refractivity contribution in [2.45, 2.75) is 6.92 Å². The Labute approximate surface area is 111 Å². The topological polar surface area (TPSA) is 90.6 Å². The van der Waals surface area contributed by atoms with Gasteiger partial charge in [-0.25, -0.2) is 9.78 Å². The zero-order valence-electron chi connectivity index (χ0n) is 9.98. The number of imidazole rings is 1. The van der Waals surface area contributed by atoms with Crippen molar-refractivity contribution in [1.82, 2.24) is 15.0 Å². The summed E-state index contributed by atoms with van der Waals surface area (Å²) in [5.41, 5.74) is 2.32. The molecule has 0 saturated carbocycles. The molecule has 2 aromatic heterocycles. The molecule has 0 atom stereocenters. The number of aromatic amines is 2. The van der Waals surface area contributed by atoms with Crippen molar-refractivity contribution >= 4 is 33.4 Å². The second-order valence-electron chi connectivity index (χ2n) is 4.09. The maximum absolute atomic E-state index is 12.0. The molecule has 3 aromatic rings. The summed E-state index contributed by atoms with van der Waals surface area (Å²) in [6.07, 6.45) is 0. The fraction of sp³-hybridized carbons (Fsp3) is 0.0833. The first kappa shape index (κ1) is 11.7. The second-order valence-corrected chi connectivity index (χ2v) is 4.95. The Balaban J connectivity index is 1.90. The number of fused-ring (bicyclic) bond motifs is 1. The van der Waals surface area contributed by atoms with Crippen molar-refractivity contribution < 1.29 is 4.79 Å². The summed E-state index contributed by atoms with van der Waals surface area (Å²) in [7, 11) is 0. The number of H-pyrrole nitrogens is 2. The molecule has 0 fully saturated rings. The highest BCUT2D eigenvalue weighted by atomic mass is 32.1. The Hall–Kier alpha value is -2.41. The highest BCUT2D eigenvalue weighted by Gasteiger charge is 2.09. The number of rotatable bonds is 2. The van der Waals surface area contributed by atoms with Crippen molar-refractivity contribution in [3.8, 4) is 0 Å². The van der Waals surface area contributed by atoms with Gasteiger partial charge in [0.15, 0.2) is 5.13 Å². The van der Waals surface area contributed by atoms with Crippen LogP contribution in [0.2, 0.25) is 0 Å². The lowest BCUT2D eigenvalue weighted by Crippen LogP contribution is -2.11. The quantitative estimate of drug-likeness (QED) is 0.666. The van der Waals surface area contributed by atoms with E-state index in [2.05, 4.69) is 20.3 Å². The van der Waals surface area contributed by atoms with E-state index < -0.39 is 0 Å². The van der Waals surface area contributed by atoms with Gasteiger partial charge < -0.3 is 9.97 Å². The fourth-order valence-corrected chi connectivity index (χ4v) is 2.44. The standard InChI is InChI=1S/C12H10N4O2S/c1-6-5-19-12(13-6)16-10(17)7-2-3-8-9(4-7)15-11(18)14-8/h2-5H,1H3,(H,13,16,17)(H2,14,15,18). The van der Waals surface area contributed by atoms with Gasteiger partial charge in [-0.05, 0) is 25.1 Å². The van der Waals surface area contributed by atoms with E-state index in [1.807, 2.05) is 12.3 Å². The third-order valence-corrected chi connectivity index (χ3v) is 3.49. The van der Waals surface area contributed by atoms with Crippen LogP contribution in [0.4, 0.5) is 5.13 Å². The summed E-state index contributed by atoms with van der Waals surface area (Å²) >= 11 is 1.37. The summed E-state index contributed by atoms with van der Waals surface area (Å²) in [5.74, 6) is -0.252. The number of carbonyl (C=O) groups excluding carboxylic acids is 1. The van der Waals surface area contributed by atoms with Crippen LogP contribution in [0.5, 0.6) is 0 Å². The van der Waals surface area contributed by atoms with Gasteiger partial charge in [-0.15, -0.1) is 11.3 Å². The molecule has 0 saturated heterocycles. The van der Waals surface area contributed by atoms with Gasteiger partial charge in [0.2, 0.25) is 0 Å². The molecule has 0 unspecified atom stereocenters. The molecule has 19 heavy (non-hydrogen) atoms. The number of anilines is 1. The number of nitrogens with one attached hydrogen (secondary N) is 3. The van der Waals surface area contributed by atoms with Crippen molar-refractivity contribution in [2.24, 2.45) is 0 Å². The summed E-state index contributed by atoms with van der Waals surface area (Å²) < 4.78 is 0. The first-order valence-electron chi connectivity index (χ1n) is 5.57. The minimum Gasteiger partial charge on any atom is -0.306 e. The maximum Gasteiger partial charge on any atom is 0.323 e. The first-order chi connectivity index (χ1) is 9.11. The minimum atomic E-state index is -0.289. The summed E-state index contributed by atoms with van der Waals surface area (Å²) in [5, 5.41) is 5.14. The Morgan fingerprint density at radius 3 is 2.84 bits per heavy atom. The van der Waals surface area contributed by atoms with Gasteiger partial charge in [0.1, 0.15) is 0 Å². The third kappa shape index (κ3) is 2.27. The van der Waals surface area contributed by atoms with E-state index in [4.69, 9.17) is 0 Å². The predicted molar refractivity (Wildman–Crippen MR) is 73.7 cm³/mol. The summed E-state index contributed by atoms with van der Waals surface area (Å²) in [6.45, 7) is 1.86. The number of nitrogens with zero attached hydrogens (tertiary/aromatic N) is 1. The highest BCUT2D eigenvalue weighted by Crippen LogP contribution is 2.16. The van der Waals surface area contributed by atoms with Crippen molar-refractivity contribution in [2.75, 3.05) is 5.32 Å². The second kappa shape index (κ2) is 4.36. The fourth-order valence-electron chi connectivity index (χ4n) is 1.75. The number of hydrogen-bond donors (Lipinski definition) is 3. The van der Waals surface area contributed by atoms with E-state index in [1.165, 1.54) is 11.3 Å². The molecule has 0 aliphatic rings. The van der Waals surface area contributed by atoms with Gasteiger partial charge in [0, 0.05) is 10.9 Å². The SMILES string of the molecule is Cc1csc(NC(=O)c2ccc3[nH]c(=O)[nH]c3c2)n1. The Kier molecular flexibility index (Phi) is 2.68. The molecule has 2 heterocycles. The molecule has 1 amide bonds. The monoisotopic (exact) mass is 274 g/mol. The Morgan fingerprint density at radius 2 is 2.11 bits per heavy atom. The van der Waals surface area contributed by atoms with Crippen LogP contribution in [0.25, 0.3) is 11.0 Å². The molecule has 0 bridgehead atoms. The van der Waals surface area contributed by atoms with Gasteiger partial charge in [-0.2, -0.15) is 0 Å². The van der Waals surface area contributed by atoms with Gasteiger partial charge in [-0.1, -0.05) is 0 Å². The van der Waals surface area contributed by atoms with Crippen LogP contribution in [0.15, 0.2) is 28.4 Å². The number of aryl methyl sites for hydroxylation is 1. The molecule has 1 aromatic carbocycles. The Bertz CT molecular complexity index is 814. The molecular weight excluding hydrogens is 264 g/mol. The van der Waals surface area contributed by atoms with E-state index >= 15 is 0 Å². The zero-order chi connectivity index (χ0) is 13.4. The van der Waals surface area contributed by atoms with Crippen LogP contribution in [0.3, 0.4) is 0 Å². The Morgan fingerprint density at radius 1 is 1.32 bits per heavy atom. The summed E-state index contributed by atoms with van der Waals surface area (Å²) in [6, 6.07) is 4.97. The summed E-state index contributed by atoms with van der Waals surface area (Å²) in [4.78, 5) is 32.6. The van der Waals surface area contributed by atoms with Gasteiger partial charge in [-0.3, -0.25) is 10.1 Å². The lowest BCUT2D eigenvalue weighted by atomic mass is 10.2. The molecule has 0 aliphatic heterocycles. The average Bonchev–Trinajstić information content (AvgIpc) is 2.93. The number of thiazole rings is 1. The largest absolute Gasteiger partial charge is 0.323 e. The molecule has 0 radical (unpaired) electrons. The molecule has 96 valence electrons. The average molecular weight is 274 g/mol. The smallest absolute Gasteiger partial charge is 0.306 e. The van der Waals surface area contributed by atoms with E-state index in [9.17, 15) is 9.59 Å². The number of carbonyl (C=O) groups is 1. The molecule has 3 rings (SSSR count). The van der Waals surface area contributed by atoms with Crippen molar-refractivity contribution in [1.29, 1.82) is 0 Å². The molecule has 3 N–H and O–H groups in total. The van der Waals surface area contributed by atoms with E-state index in [1.54, 1.807) is 18.2 Å². The zero-order valence-corrected chi connectivity index (χ0v) is 10.8. The normalized spacial score (nSPS) is 10.8. The van der Waals surface area contributed by atoms with Crippen LogP contribution in [0, 0.1) is 6.92 Å². The minimum absolute atomic E-state index is 0.252. The first-order valence-corrected chi connectivity index (χ1v) is 6.45. The maximum atomic E-state index is 12.0. The number of aromatic nitrogens is 3. The van der Waals surface area contributed by atoms with Gasteiger partial charge in [0.05, 0.1) is 16.7 Å². The molecule has 0 aliphatic carbocycles. The molecule has 0 spiro atoms. The van der Waals surface area contributed by atoms with Crippen LogP contribution in [0.1, 0.15) is 16.1 Å². The van der Waals surface area contributed by atoms with Crippen molar-refractivity contribution in [3.05, 3.63) is 45.3 Å². The lowest BCUT2D eigenvalue weighted by Gasteiger charge is -2.01. The molecule has 7 heteroatoms. The predicted octanol–water partition coefficient (Wildman–Crippen LogP) is 1.87. The van der Waals surface area contributed by atoms with Crippen molar-refractivity contribution in [3.63, 3.8) is 0 Å². The highest BCUT2D eigenvalue weighted by molar-refractivity contribution is 7.13. The molecular formula is C12H10N4O2S. The van der Waals surface area contributed by atoms with Gasteiger partial charge in [0.25, 0.3) is 5.91 Å². The lowest BCUT2D eigenvalue weighted by molar-refractivity contribution is 0.102. The van der Waals surface area contributed by atoms with Crippen LogP contribution in [-0.4, -0.2) is 20.9 Å². The van der Waals surface area contributed by atoms with Crippen LogP contribution < -0.4 is 11.0 Å². The van der Waals surface area contributed by atoms with E-state index in [-0.39, 0.29) is 11.6 Å². The van der Waals surface area contributed by atoms with E-state index in [0.717, 1.165) is 5.69 Å². The molecule has 6 nitrogen and oxygen atoms in total. The van der Waals surface area contributed by atoms with Gasteiger partial charge >= 0.3 is 5.69 Å². The van der Waals surface area contributed by atoms with E-state index in [0.29, 0.717) is 21.7 Å².